The van der Waals surface area contributed by atoms with E-state index in [1.807, 2.05) is 28.8 Å². The predicted molar refractivity (Wildman–Crippen MR) is 132 cm³/mol. The molecular formula is C25H35N5O3. The number of aromatic nitrogens is 4. The number of nitrogens with zero attached hydrogens (tertiary/aromatic N) is 5. The molecule has 3 aromatic rings. The minimum absolute atomic E-state index is 0.230. The number of benzene rings is 1. The van der Waals surface area contributed by atoms with Crippen LogP contribution in [0.1, 0.15) is 58.3 Å². The normalized spacial score (nSPS) is 13.1. The van der Waals surface area contributed by atoms with Crippen molar-refractivity contribution in [3.8, 4) is 5.75 Å². The number of fused-ring (bicyclic) bond motifs is 3. The second-order valence-corrected chi connectivity index (χ2v) is 8.86. The molecule has 0 N–H and O–H groups in total. The van der Waals surface area contributed by atoms with Gasteiger partial charge in [-0.3, -0.25) is 13.9 Å². The van der Waals surface area contributed by atoms with Crippen LogP contribution < -0.4 is 20.9 Å². The zero-order valence-electron chi connectivity index (χ0n) is 20.0. The van der Waals surface area contributed by atoms with Crippen molar-refractivity contribution in [2.45, 2.75) is 71.4 Å². The van der Waals surface area contributed by atoms with Gasteiger partial charge in [0.05, 0.1) is 7.11 Å². The first kappa shape index (κ1) is 23.1. The van der Waals surface area contributed by atoms with E-state index in [0.29, 0.717) is 30.2 Å². The van der Waals surface area contributed by atoms with Crippen LogP contribution in [0.25, 0.3) is 11.2 Å². The Kier molecular flexibility index (Phi) is 7.20. The van der Waals surface area contributed by atoms with E-state index in [0.717, 1.165) is 37.2 Å². The Labute approximate surface area is 194 Å². The summed E-state index contributed by atoms with van der Waals surface area (Å²) in [7, 11) is 3.35. The molecule has 8 heteroatoms. The monoisotopic (exact) mass is 453 g/mol. The molecule has 0 atom stereocenters. The average Bonchev–Trinajstić information content (AvgIpc) is 3.41. The number of imidazole rings is 1. The van der Waals surface area contributed by atoms with Gasteiger partial charge in [-0.15, -0.1) is 0 Å². The number of methoxy groups -OCH3 is 1. The van der Waals surface area contributed by atoms with Crippen molar-refractivity contribution in [3.63, 3.8) is 0 Å². The molecule has 1 aliphatic rings. The minimum Gasteiger partial charge on any atom is -0.497 e. The number of rotatable bonds is 11. The molecule has 2 aromatic heterocycles. The van der Waals surface area contributed by atoms with E-state index in [-0.39, 0.29) is 11.2 Å². The van der Waals surface area contributed by atoms with Gasteiger partial charge in [-0.05, 0) is 30.7 Å². The van der Waals surface area contributed by atoms with Crippen molar-refractivity contribution >= 4 is 22.8 Å². The molecule has 0 unspecified atom stereocenters. The predicted octanol–water partition coefficient (Wildman–Crippen LogP) is 4.20. The van der Waals surface area contributed by atoms with Gasteiger partial charge in [-0.1, -0.05) is 51.9 Å². The van der Waals surface area contributed by atoms with Crippen LogP contribution in [-0.4, -0.2) is 32.3 Å². The summed E-state index contributed by atoms with van der Waals surface area (Å²) in [6.45, 7) is 4.06. The maximum Gasteiger partial charge on any atom is 0.332 e. The number of unbranched alkanes of at least 4 members (excludes halogenated alkanes) is 7. The molecule has 0 bridgehead atoms. The number of hydrogen-bond acceptors (Lipinski definition) is 5. The van der Waals surface area contributed by atoms with Gasteiger partial charge in [0.15, 0.2) is 11.2 Å². The largest absolute Gasteiger partial charge is 0.497 e. The lowest BCUT2D eigenvalue weighted by Gasteiger charge is -2.16. The molecule has 4 rings (SSSR count). The summed E-state index contributed by atoms with van der Waals surface area (Å²) in [5.41, 5.74) is 1.43. The molecule has 33 heavy (non-hydrogen) atoms. The van der Waals surface area contributed by atoms with Crippen molar-refractivity contribution < 1.29 is 4.74 Å². The molecule has 0 spiro atoms. The number of hydrogen-bond donors (Lipinski definition) is 0. The van der Waals surface area contributed by atoms with Crippen molar-refractivity contribution in [3.05, 3.63) is 45.1 Å². The molecular weight excluding hydrogens is 418 g/mol. The van der Waals surface area contributed by atoms with Gasteiger partial charge in [0.25, 0.3) is 5.56 Å². The first-order valence-corrected chi connectivity index (χ1v) is 12.2. The molecule has 3 heterocycles. The first-order chi connectivity index (χ1) is 16.1. The van der Waals surface area contributed by atoms with Gasteiger partial charge < -0.3 is 14.2 Å². The number of aryl methyl sites for hydroxylation is 1. The summed E-state index contributed by atoms with van der Waals surface area (Å²) in [5.74, 6) is 1.49. The fourth-order valence-electron chi connectivity index (χ4n) is 4.69. The summed E-state index contributed by atoms with van der Waals surface area (Å²) in [5, 5.41) is 0. The quantitative estimate of drug-likeness (QED) is 0.407. The molecule has 8 nitrogen and oxygen atoms in total. The Morgan fingerprint density at radius 1 is 0.939 bits per heavy atom. The van der Waals surface area contributed by atoms with Crippen molar-refractivity contribution in [1.82, 2.24) is 18.7 Å². The molecule has 0 aliphatic carbocycles. The van der Waals surface area contributed by atoms with Crippen LogP contribution in [0.15, 0.2) is 33.9 Å². The third kappa shape index (κ3) is 4.56. The van der Waals surface area contributed by atoms with E-state index in [4.69, 9.17) is 9.72 Å². The standard InChI is InChI=1S/C25H35N5O3/c1-4-5-6-7-8-9-10-11-16-30-23(31)21-22(27(2)25(30)32)26-24-28(17-18-29(21)24)19-12-14-20(33-3)15-13-19/h12-15H,4-11,16-18H2,1-3H3. The van der Waals surface area contributed by atoms with Crippen molar-refractivity contribution in [2.24, 2.45) is 7.05 Å². The molecule has 1 aliphatic heterocycles. The fraction of sp³-hybridized carbons (Fsp3) is 0.560. The topological polar surface area (TPSA) is 74.3 Å². The second kappa shape index (κ2) is 10.3. The Morgan fingerprint density at radius 3 is 2.27 bits per heavy atom. The molecule has 178 valence electrons. The lowest BCUT2D eigenvalue weighted by Crippen LogP contribution is -2.39. The summed E-state index contributed by atoms with van der Waals surface area (Å²) < 4.78 is 10.1. The Balaban J connectivity index is 1.54. The molecule has 0 radical (unpaired) electrons. The minimum atomic E-state index is -0.289. The van der Waals surface area contributed by atoms with Gasteiger partial charge in [-0.2, -0.15) is 4.98 Å². The third-order valence-corrected chi connectivity index (χ3v) is 6.62. The number of anilines is 2. The summed E-state index contributed by atoms with van der Waals surface area (Å²) in [4.78, 5) is 33.1. The fourth-order valence-corrected chi connectivity index (χ4v) is 4.69. The van der Waals surface area contributed by atoms with Crippen LogP contribution in [0.3, 0.4) is 0 Å². The van der Waals surface area contributed by atoms with Crippen LogP contribution in [0.2, 0.25) is 0 Å². The average molecular weight is 454 g/mol. The van der Waals surface area contributed by atoms with Crippen LogP contribution in [0.5, 0.6) is 5.75 Å². The van der Waals surface area contributed by atoms with Crippen molar-refractivity contribution in [2.75, 3.05) is 18.6 Å². The van der Waals surface area contributed by atoms with Crippen LogP contribution in [0.4, 0.5) is 11.6 Å². The second-order valence-electron chi connectivity index (χ2n) is 8.86. The summed E-state index contributed by atoms with van der Waals surface area (Å²) in [6.07, 6.45) is 9.38. The van der Waals surface area contributed by atoms with E-state index in [1.54, 1.807) is 14.2 Å². The van der Waals surface area contributed by atoms with Gasteiger partial charge in [0, 0.05) is 32.4 Å². The summed E-state index contributed by atoms with van der Waals surface area (Å²) in [6, 6.07) is 7.78. The van der Waals surface area contributed by atoms with E-state index in [1.165, 1.54) is 41.2 Å². The Bertz CT molecular complexity index is 1210. The molecule has 0 saturated carbocycles. The summed E-state index contributed by atoms with van der Waals surface area (Å²) >= 11 is 0. The number of ether oxygens (including phenoxy) is 1. The van der Waals surface area contributed by atoms with Crippen LogP contribution in [-0.2, 0) is 20.1 Å². The smallest absolute Gasteiger partial charge is 0.332 e. The lowest BCUT2D eigenvalue weighted by atomic mass is 10.1. The van der Waals surface area contributed by atoms with E-state index in [2.05, 4.69) is 11.8 Å². The van der Waals surface area contributed by atoms with Gasteiger partial charge >= 0.3 is 5.69 Å². The highest BCUT2D eigenvalue weighted by molar-refractivity contribution is 5.77. The maximum atomic E-state index is 13.3. The van der Waals surface area contributed by atoms with Crippen LogP contribution in [0, 0.1) is 0 Å². The highest BCUT2D eigenvalue weighted by Gasteiger charge is 2.28. The third-order valence-electron chi connectivity index (χ3n) is 6.62. The molecule has 0 amide bonds. The van der Waals surface area contributed by atoms with Gasteiger partial charge in [0.2, 0.25) is 5.95 Å². The van der Waals surface area contributed by atoms with Gasteiger partial charge in [0.1, 0.15) is 5.75 Å². The van der Waals surface area contributed by atoms with E-state index >= 15 is 0 Å². The van der Waals surface area contributed by atoms with Crippen LogP contribution >= 0.6 is 0 Å². The Morgan fingerprint density at radius 2 is 1.61 bits per heavy atom. The van der Waals surface area contributed by atoms with E-state index in [9.17, 15) is 9.59 Å². The zero-order chi connectivity index (χ0) is 23.4. The molecule has 0 saturated heterocycles. The van der Waals surface area contributed by atoms with Gasteiger partial charge in [-0.25, -0.2) is 4.79 Å². The van der Waals surface area contributed by atoms with Crippen molar-refractivity contribution in [1.29, 1.82) is 0 Å². The molecule has 0 fully saturated rings. The van der Waals surface area contributed by atoms with E-state index < -0.39 is 0 Å². The highest BCUT2D eigenvalue weighted by Crippen LogP contribution is 2.32. The lowest BCUT2D eigenvalue weighted by molar-refractivity contribution is 0.415. The highest BCUT2D eigenvalue weighted by atomic mass is 16.5. The SMILES string of the molecule is CCCCCCCCCCn1c(=O)c2c(nc3n2CCN3c2ccc(OC)cc2)n(C)c1=O. The molecule has 1 aromatic carbocycles. The first-order valence-electron chi connectivity index (χ1n) is 12.2. The Hall–Kier alpha value is -3.03. The zero-order valence-corrected chi connectivity index (χ0v) is 20.0. The maximum absolute atomic E-state index is 13.3.